The molecule has 0 unspecified atom stereocenters. The standard InChI is InChI=1S/C23H27BrN2O5/c1-4-30-23(28)15-31-21-11-8-17(13-20(21)24)14-25-26-22(27)7-5-6-18-9-10-19(29-3)12-16(18)2/h8-14H,4-7,15H2,1-3H3,(H,26,27)/b25-14-. The lowest BCUT2D eigenvalue weighted by Crippen LogP contribution is -2.17. The summed E-state index contributed by atoms with van der Waals surface area (Å²) < 4.78 is 16.1. The molecule has 1 amide bonds. The fourth-order valence-electron chi connectivity index (χ4n) is 2.80. The summed E-state index contributed by atoms with van der Waals surface area (Å²) >= 11 is 3.39. The summed E-state index contributed by atoms with van der Waals surface area (Å²) in [6.45, 7) is 3.92. The SMILES string of the molecule is CCOC(=O)COc1ccc(/C=N\NC(=O)CCCc2ccc(OC)cc2C)cc1Br. The van der Waals surface area contributed by atoms with Crippen molar-refractivity contribution in [1.82, 2.24) is 5.43 Å². The van der Waals surface area contributed by atoms with Crippen molar-refractivity contribution < 1.29 is 23.8 Å². The lowest BCUT2D eigenvalue weighted by molar-refractivity contribution is -0.145. The van der Waals surface area contributed by atoms with Crippen molar-refractivity contribution in [2.24, 2.45) is 5.10 Å². The first-order valence-corrected chi connectivity index (χ1v) is 10.8. The third kappa shape index (κ3) is 8.41. The van der Waals surface area contributed by atoms with Gasteiger partial charge in [-0.3, -0.25) is 4.79 Å². The molecule has 2 aromatic carbocycles. The van der Waals surface area contributed by atoms with Crippen LogP contribution in [-0.2, 0) is 20.7 Å². The van der Waals surface area contributed by atoms with Gasteiger partial charge < -0.3 is 14.2 Å². The van der Waals surface area contributed by atoms with E-state index in [9.17, 15) is 9.59 Å². The monoisotopic (exact) mass is 490 g/mol. The molecule has 2 rings (SSSR count). The van der Waals surface area contributed by atoms with Crippen molar-refractivity contribution >= 4 is 34.0 Å². The zero-order valence-corrected chi connectivity index (χ0v) is 19.5. The van der Waals surface area contributed by atoms with Crippen molar-refractivity contribution in [3.63, 3.8) is 0 Å². The van der Waals surface area contributed by atoms with Crippen molar-refractivity contribution in [2.75, 3.05) is 20.3 Å². The maximum absolute atomic E-state index is 12.0. The lowest BCUT2D eigenvalue weighted by Gasteiger charge is -2.08. The van der Waals surface area contributed by atoms with Gasteiger partial charge in [-0.25, -0.2) is 10.2 Å². The molecule has 0 fully saturated rings. The van der Waals surface area contributed by atoms with E-state index in [0.29, 0.717) is 23.2 Å². The van der Waals surface area contributed by atoms with Crippen LogP contribution in [0.25, 0.3) is 0 Å². The molecule has 8 heteroatoms. The lowest BCUT2D eigenvalue weighted by atomic mass is 10.0. The largest absolute Gasteiger partial charge is 0.497 e. The second kappa shape index (κ2) is 12.7. The van der Waals surface area contributed by atoms with E-state index in [2.05, 4.69) is 26.5 Å². The molecule has 2 aromatic rings. The summed E-state index contributed by atoms with van der Waals surface area (Å²) in [6, 6.07) is 11.2. The topological polar surface area (TPSA) is 86.2 Å². The van der Waals surface area contributed by atoms with Gasteiger partial charge in [0.05, 0.1) is 24.4 Å². The summed E-state index contributed by atoms with van der Waals surface area (Å²) in [6.07, 6.45) is 3.47. The van der Waals surface area contributed by atoms with E-state index in [1.165, 1.54) is 5.56 Å². The molecule has 0 aromatic heterocycles. The molecule has 7 nitrogen and oxygen atoms in total. The fourth-order valence-corrected chi connectivity index (χ4v) is 3.31. The molecule has 0 aliphatic carbocycles. The average molecular weight is 491 g/mol. The van der Waals surface area contributed by atoms with Crippen LogP contribution in [0, 0.1) is 6.92 Å². The van der Waals surface area contributed by atoms with Gasteiger partial charge in [0.25, 0.3) is 0 Å². The Bertz CT molecular complexity index is 930. The number of amides is 1. The molecule has 0 heterocycles. The Kier molecular flexibility index (Phi) is 10.0. The highest BCUT2D eigenvalue weighted by Gasteiger charge is 2.07. The maximum Gasteiger partial charge on any atom is 0.344 e. The highest BCUT2D eigenvalue weighted by molar-refractivity contribution is 9.10. The van der Waals surface area contributed by atoms with E-state index in [0.717, 1.165) is 29.7 Å². The molecular weight excluding hydrogens is 464 g/mol. The summed E-state index contributed by atoms with van der Waals surface area (Å²) in [5.74, 6) is 0.780. The first-order chi connectivity index (χ1) is 14.9. The van der Waals surface area contributed by atoms with Crippen molar-refractivity contribution in [3.05, 3.63) is 57.6 Å². The van der Waals surface area contributed by atoms with Gasteiger partial charge in [-0.15, -0.1) is 0 Å². The number of benzene rings is 2. The summed E-state index contributed by atoms with van der Waals surface area (Å²) in [5.41, 5.74) is 5.66. The Balaban J connectivity index is 1.76. The number of hydrogen-bond acceptors (Lipinski definition) is 6. The van der Waals surface area contributed by atoms with Crippen LogP contribution in [0.15, 0.2) is 46.0 Å². The Labute approximate surface area is 190 Å². The fraction of sp³-hybridized carbons (Fsp3) is 0.348. The number of methoxy groups -OCH3 is 1. The second-order valence-corrected chi connectivity index (χ2v) is 7.58. The smallest absolute Gasteiger partial charge is 0.344 e. The molecule has 166 valence electrons. The maximum atomic E-state index is 12.0. The summed E-state index contributed by atoms with van der Waals surface area (Å²) in [4.78, 5) is 23.4. The minimum absolute atomic E-state index is 0.143. The van der Waals surface area contributed by atoms with Crippen molar-refractivity contribution in [1.29, 1.82) is 0 Å². The number of ether oxygens (including phenoxy) is 3. The highest BCUT2D eigenvalue weighted by Crippen LogP contribution is 2.25. The van der Waals surface area contributed by atoms with Crippen LogP contribution in [0.5, 0.6) is 11.5 Å². The molecule has 0 atom stereocenters. The van der Waals surface area contributed by atoms with Gasteiger partial charge in [0.2, 0.25) is 5.91 Å². The minimum Gasteiger partial charge on any atom is -0.497 e. The van der Waals surface area contributed by atoms with Crippen LogP contribution >= 0.6 is 15.9 Å². The van der Waals surface area contributed by atoms with Crippen LogP contribution in [0.3, 0.4) is 0 Å². The van der Waals surface area contributed by atoms with E-state index in [1.54, 1.807) is 38.4 Å². The number of hydrazone groups is 1. The molecule has 0 aliphatic rings. The molecule has 0 radical (unpaired) electrons. The first kappa shape index (κ1) is 24.4. The molecule has 0 spiro atoms. The Morgan fingerprint density at radius 1 is 1.19 bits per heavy atom. The van der Waals surface area contributed by atoms with Gasteiger partial charge in [-0.05, 0) is 89.6 Å². The van der Waals surface area contributed by atoms with E-state index in [-0.39, 0.29) is 12.5 Å². The molecular formula is C23H27BrN2O5. The van der Waals surface area contributed by atoms with E-state index < -0.39 is 5.97 Å². The van der Waals surface area contributed by atoms with Crippen molar-refractivity contribution in [3.8, 4) is 11.5 Å². The Hall–Kier alpha value is -2.87. The number of rotatable bonds is 11. The van der Waals surface area contributed by atoms with Gasteiger partial charge in [-0.1, -0.05) is 6.07 Å². The zero-order chi connectivity index (χ0) is 22.6. The van der Waals surface area contributed by atoms with Crippen LogP contribution in [0.4, 0.5) is 0 Å². The summed E-state index contributed by atoms with van der Waals surface area (Å²) in [7, 11) is 1.65. The number of hydrogen-bond donors (Lipinski definition) is 1. The number of carbonyl (C=O) groups is 2. The Morgan fingerprint density at radius 3 is 2.68 bits per heavy atom. The quantitative estimate of drug-likeness (QED) is 0.290. The molecule has 0 saturated carbocycles. The highest BCUT2D eigenvalue weighted by atomic mass is 79.9. The first-order valence-electron chi connectivity index (χ1n) is 9.96. The number of halogens is 1. The average Bonchev–Trinajstić information content (AvgIpc) is 2.74. The van der Waals surface area contributed by atoms with E-state index in [1.807, 2.05) is 25.1 Å². The van der Waals surface area contributed by atoms with Gasteiger partial charge in [0.15, 0.2) is 6.61 Å². The summed E-state index contributed by atoms with van der Waals surface area (Å²) in [5, 5.41) is 4.00. The predicted molar refractivity (Wildman–Crippen MR) is 123 cm³/mol. The van der Waals surface area contributed by atoms with Crippen LogP contribution < -0.4 is 14.9 Å². The van der Waals surface area contributed by atoms with Crippen LogP contribution in [0.1, 0.15) is 36.5 Å². The van der Waals surface area contributed by atoms with E-state index >= 15 is 0 Å². The molecule has 31 heavy (non-hydrogen) atoms. The number of aryl methyl sites for hydroxylation is 2. The van der Waals surface area contributed by atoms with Gasteiger partial charge >= 0.3 is 5.97 Å². The number of nitrogens with one attached hydrogen (secondary N) is 1. The van der Waals surface area contributed by atoms with E-state index in [4.69, 9.17) is 14.2 Å². The van der Waals surface area contributed by atoms with Crippen LogP contribution in [0.2, 0.25) is 0 Å². The van der Waals surface area contributed by atoms with Crippen molar-refractivity contribution in [2.45, 2.75) is 33.1 Å². The predicted octanol–water partition coefficient (Wildman–Crippen LogP) is 4.18. The third-order valence-electron chi connectivity index (χ3n) is 4.41. The second-order valence-electron chi connectivity index (χ2n) is 6.72. The number of nitrogens with zero attached hydrogens (tertiary/aromatic N) is 1. The zero-order valence-electron chi connectivity index (χ0n) is 17.9. The van der Waals surface area contributed by atoms with Crippen LogP contribution in [-0.4, -0.2) is 38.4 Å². The molecule has 0 aliphatic heterocycles. The minimum atomic E-state index is -0.426. The van der Waals surface area contributed by atoms with Gasteiger partial charge in [-0.2, -0.15) is 5.10 Å². The van der Waals surface area contributed by atoms with Gasteiger partial charge in [0.1, 0.15) is 11.5 Å². The molecule has 0 bridgehead atoms. The molecule has 0 saturated heterocycles. The third-order valence-corrected chi connectivity index (χ3v) is 5.03. The van der Waals surface area contributed by atoms with Gasteiger partial charge in [0, 0.05) is 6.42 Å². The normalized spacial score (nSPS) is 10.7. The number of esters is 1. The molecule has 1 N–H and O–H groups in total. The number of carbonyl (C=O) groups excluding carboxylic acids is 2. The Morgan fingerprint density at radius 2 is 2.00 bits per heavy atom.